The molecule has 4 rings (SSSR count). The van der Waals surface area contributed by atoms with E-state index in [2.05, 4.69) is 37.2 Å². The second-order valence-electron chi connectivity index (χ2n) is 8.65. The second kappa shape index (κ2) is 20.7. The molecule has 0 heterocycles. The fraction of sp³-hybridized carbons (Fsp3) is 0.133. The molecule has 240 valence electrons. The lowest BCUT2D eigenvalue weighted by Crippen LogP contribution is -3.34. The smallest absolute Gasteiger partial charge is 0.762 e. The number of methoxy groups -OCH3 is 1. The number of phenolic OH excluding ortho intramolecular Hbond substituents is 1. The van der Waals surface area contributed by atoms with Crippen molar-refractivity contribution in [3.63, 3.8) is 0 Å². The number of ether oxygens (including phenoxy) is 2. The normalized spacial score (nSPS) is 9.67. The van der Waals surface area contributed by atoms with Crippen LogP contribution in [0.4, 0.5) is 12.9 Å². The number of amides is 1. The minimum atomic E-state index is -3.67. The quantitative estimate of drug-likeness (QED) is 0.134. The summed E-state index contributed by atoms with van der Waals surface area (Å²) in [5.41, 5.74) is 1.80. The van der Waals surface area contributed by atoms with Gasteiger partial charge in [0.2, 0.25) is 0 Å². The van der Waals surface area contributed by atoms with E-state index < -0.39 is 19.4 Å². The van der Waals surface area contributed by atoms with Gasteiger partial charge in [-0.25, -0.2) is 0 Å². The minimum Gasteiger partial charge on any atom is -1.00 e. The van der Waals surface area contributed by atoms with Crippen molar-refractivity contribution in [3.05, 3.63) is 114 Å². The van der Waals surface area contributed by atoms with Gasteiger partial charge >= 0.3 is 13.5 Å². The monoisotopic (exact) mass is 869 g/mol. The molecule has 4 aromatic rings. The molecule has 0 radical (unpaired) electrons. The molecule has 0 unspecified atom stereocenters. The highest BCUT2D eigenvalue weighted by Gasteiger charge is 2.16. The molecule has 0 aliphatic rings. The Labute approximate surface area is 288 Å². The van der Waals surface area contributed by atoms with Crippen molar-refractivity contribution in [2.45, 2.75) is 12.8 Å². The first kappa shape index (κ1) is 39.7. The lowest BCUT2D eigenvalue weighted by atomic mass is 10.1. The van der Waals surface area contributed by atoms with E-state index in [0.29, 0.717) is 39.0 Å². The zero-order valence-corrected chi connectivity index (χ0v) is 29.0. The lowest BCUT2D eigenvalue weighted by Gasteiger charge is -2.13. The van der Waals surface area contributed by atoms with Gasteiger partial charge in [-0.3, -0.25) is 22.5 Å². The van der Waals surface area contributed by atoms with Crippen LogP contribution in [0, 0.1) is 3.57 Å². The van der Waals surface area contributed by atoms with E-state index >= 15 is 0 Å². The van der Waals surface area contributed by atoms with Gasteiger partial charge in [0.15, 0.2) is 9.32 Å². The molecule has 0 aliphatic heterocycles. The summed E-state index contributed by atoms with van der Waals surface area (Å²) >= 11 is 8.76. The number of phenols is 1. The predicted molar refractivity (Wildman–Crippen MR) is 166 cm³/mol. The van der Waals surface area contributed by atoms with E-state index in [1.807, 2.05) is 77.2 Å². The molecule has 45 heavy (non-hydrogen) atoms. The second-order valence-corrected chi connectivity index (χ2v) is 11.7. The number of aromatic hydroxyl groups is 1. The third-order valence-electron chi connectivity index (χ3n) is 5.45. The topological polar surface area (TPSA) is 105 Å². The van der Waals surface area contributed by atoms with Crippen molar-refractivity contribution < 1.29 is 69.5 Å². The molecule has 7 nitrogen and oxygen atoms in total. The number of aliphatic carboxylic acids is 1. The Morgan fingerprint density at radius 1 is 0.889 bits per heavy atom. The molecule has 4 aromatic carbocycles. The van der Waals surface area contributed by atoms with Crippen LogP contribution in [0.2, 0.25) is 0 Å². The Kier molecular flexibility index (Phi) is 18.2. The summed E-state index contributed by atoms with van der Waals surface area (Å²) in [6.07, 6.45) is 0.552. The van der Waals surface area contributed by atoms with Gasteiger partial charge in [0, 0.05) is 6.54 Å². The minimum absolute atomic E-state index is 0. The number of carboxylic acid groups (broad SMARTS) is 1. The van der Waals surface area contributed by atoms with E-state index in [1.54, 1.807) is 25.3 Å². The van der Waals surface area contributed by atoms with Crippen LogP contribution in [-0.2, 0) is 17.6 Å². The summed E-state index contributed by atoms with van der Waals surface area (Å²) < 4.78 is 42.2. The van der Waals surface area contributed by atoms with Crippen LogP contribution < -0.4 is 42.1 Å². The number of hydrogen-bond acceptors (Lipinski definition) is 5. The molecule has 0 fully saturated rings. The molecule has 15 heteroatoms. The van der Waals surface area contributed by atoms with Gasteiger partial charge in [-0.1, -0.05) is 30.3 Å². The van der Waals surface area contributed by atoms with Crippen LogP contribution in [0.1, 0.15) is 21.5 Å². The van der Waals surface area contributed by atoms with Gasteiger partial charge in [-0.2, -0.15) is 0 Å². The summed E-state index contributed by atoms with van der Waals surface area (Å²) in [6.45, 7) is 0.426. The average Bonchev–Trinajstić information content (AvgIpc) is 2.96. The van der Waals surface area contributed by atoms with E-state index in [-0.39, 0.29) is 22.4 Å². The third kappa shape index (κ3) is 15.0. The van der Waals surface area contributed by atoms with Crippen molar-refractivity contribution in [1.82, 2.24) is 5.32 Å². The lowest BCUT2D eigenvalue weighted by molar-refractivity contribution is -0.328. The van der Waals surface area contributed by atoms with Gasteiger partial charge < -0.3 is 29.7 Å². The Balaban J connectivity index is 0.000000603. The zero-order valence-electron chi connectivity index (χ0n) is 23.5. The number of carbonyl (C=O) groups excluding carboxylic acids is 1. The summed E-state index contributed by atoms with van der Waals surface area (Å²) in [6, 6.07) is 25.5. The summed E-state index contributed by atoms with van der Waals surface area (Å²) in [5.74, 6) is 0.193. The molecule has 1 amide bonds. The van der Waals surface area contributed by atoms with Crippen LogP contribution >= 0.6 is 31.9 Å². The van der Waals surface area contributed by atoms with Gasteiger partial charge in [0.25, 0.3) is 28.5 Å². The van der Waals surface area contributed by atoms with Gasteiger partial charge in [-0.05, 0) is 104 Å². The first-order chi connectivity index (χ1) is 20.9. The number of benzene rings is 4. The molecule has 0 saturated carbocycles. The molecule has 0 bridgehead atoms. The summed E-state index contributed by atoms with van der Waals surface area (Å²) in [5, 5.41) is 21.9. The van der Waals surface area contributed by atoms with E-state index in [0.717, 1.165) is 11.3 Å². The van der Waals surface area contributed by atoms with Crippen LogP contribution in [0.3, 0.4) is 0 Å². The number of carbonyl (C=O) groups is 2. The van der Waals surface area contributed by atoms with Crippen LogP contribution in [0.5, 0.6) is 23.0 Å². The van der Waals surface area contributed by atoms with Crippen molar-refractivity contribution in [1.29, 1.82) is 0 Å². The fourth-order valence-corrected chi connectivity index (χ4v) is 5.33. The van der Waals surface area contributed by atoms with Crippen molar-refractivity contribution in [3.8, 4) is 23.0 Å². The molecule has 0 spiro atoms. The SMILES string of the molecule is COc1ccc([IH+])cc1.FB(F)F.O=C(O)Cc1cc(Br)c(Oc2ccc(O)c(C(=O)NCCc3ccccc3)c2)c(Br)c1.[F-]. The van der Waals surface area contributed by atoms with Gasteiger partial charge in [0.05, 0.1) is 28.0 Å². The molecule has 3 N–H and O–H groups in total. The Hall–Kier alpha value is -3.31. The highest BCUT2D eigenvalue weighted by atomic mass is 127. The number of carboxylic acids is 1. The number of rotatable bonds is 9. The van der Waals surface area contributed by atoms with Crippen molar-refractivity contribution in [2.24, 2.45) is 0 Å². The summed E-state index contributed by atoms with van der Waals surface area (Å²) in [7, 11) is -1.99. The standard InChI is InChI=1S/C23H19Br2NO5.C7H8IO.BF3.FH/c24-18-10-15(12-21(28)29)11-19(25)22(18)31-16-6-7-20(27)17(13-16)23(30)26-9-8-14-4-2-1-3-5-14;1-9-7-4-2-6(8)3-5-7;2-1(3)4;/h1-7,10-11,13,27H,8-9,12H2,(H,26,30)(H,28,29);2-5,8H,1H3;;1H/q;+1;;/p-1. The Morgan fingerprint density at radius 3 is 1.98 bits per heavy atom. The highest BCUT2D eigenvalue weighted by Crippen LogP contribution is 2.38. The van der Waals surface area contributed by atoms with Crippen LogP contribution in [0.25, 0.3) is 0 Å². The number of halogens is 7. The highest BCUT2D eigenvalue weighted by molar-refractivity contribution is 9.11. The Morgan fingerprint density at radius 2 is 1.44 bits per heavy atom. The van der Waals surface area contributed by atoms with E-state index in [1.165, 1.54) is 15.7 Å². The summed E-state index contributed by atoms with van der Waals surface area (Å²) in [4.78, 5) is 23.5. The number of hydrogen-bond donors (Lipinski definition) is 3. The molecule has 0 atom stereocenters. The largest absolute Gasteiger partial charge is 1.00 e. The molecular formula is C30H27BBr2F4INO6. The van der Waals surface area contributed by atoms with Crippen LogP contribution in [0.15, 0.2) is 93.9 Å². The van der Waals surface area contributed by atoms with Crippen molar-refractivity contribution in [2.75, 3.05) is 13.7 Å². The zero-order chi connectivity index (χ0) is 32.6. The van der Waals surface area contributed by atoms with Crippen molar-refractivity contribution >= 4 is 51.3 Å². The fourth-order valence-electron chi connectivity index (χ4n) is 3.50. The first-order valence-electron chi connectivity index (χ1n) is 12.7. The number of nitrogens with one attached hydrogen (secondary N) is 1. The molecular weight excluding hydrogens is 844 g/mol. The predicted octanol–water partition coefficient (Wildman–Crippen LogP) is 1.34. The van der Waals surface area contributed by atoms with E-state index in [9.17, 15) is 27.6 Å². The Bertz CT molecular complexity index is 1500. The maximum Gasteiger partial charge on any atom is 0.762 e. The maximum absolute atomic E-state index is 12.5. The third-order valence-corrected chi connectivity index (χ3v) is 7.40. The first-order valence-corrected chi connectivity index (χ1v) is 15.4. The molecule has 0 saturated heterocycles. The van der Waals surface area contributed by atoms with Gasteiger partial charge in [0.1, 0.15) is 17.2 Å². The van der Waals surface area contributed by atoms with Gasteiger partial charge in [-0.15, -0.1) is 0 Å². The maximum atomic E-state index is 12.5. The molecule has 0 aromatic heterocycles. The molecule has 0 aliphatic carbocycles. The van der Waals surface area contributed by atoms with Crippen LogP contribution in [-0.4, -0.2) is 43.3 Å². The average molecular weight is 871 g/mol. The van der Waals surface area contributed by atoms with E-state index in [4.69, 9.17) is 14.6 Å².